The van der Waals surface area contributed by atoms with Crippen LogP contribution in [0.3, 0.4) is 0 Å². The fourth-order valence-electron chi connectivity index (χ4n) is 4.76. The Balaban J connectivity index is 1.56. The Morgan fingerprint density at radius 3 is 2.70 bits per heavy atom. The molecule has 2 saturated heterocycles. The van der Waals surface area contributed by atoms with E-state index in [1.807, 2.05) is 6.33 Å². The molecule has 27 heavy (non-hydrogen) atoms. The van der Waals surface area contributed by atoms with E-state index in [0.29, 0.717) is 0 Å². The van der Waals surface area contributed by atoms with Gasteiger partial charge >= 0.3 is 0 Å². The van der Waals surface area contributed by atoms with Crippen molar-refractivity contribution in [1.82, 2.24) is 24.7 Å². The van der Waals surface area contributed by atoms with Crippen LogP contribution in [-0.4, -0.2) is 90.2 Å². The second-order valence-electron chi connectivity index (χ2n) is 8.37. The summed E-state index contributed by atoms with van der Waals surface area (Å²) in [5, 5.41) is 0. The average Bonchev–Trinajstić information content (AvgIpc) is 3.30. The highest BCUT2D eigenvalue weighted by molar-refractivity contribution is 5.08. The van der Waals surface area contributed by atoms with E-state index in [1.165, 1.54) is 76.3 Å². The largest absolute Gasteiger partial charge is 0.383 e. The van der Waals surface area contributed by atoms with Gasteiger partial charge in [0.1, 0.15) is 0 Å². The number of ether oxygens (including phenoxy) is 1. The lowest BCUT2D eigenvalue weighted by atomic mass is 9.95. The van der Waals surface area contributed by atoms with Crippen molar-refractivity contribution in [3.05, 3.63) is 17.7 Å². The monoisotopic (exact) mass is 377 g/mol. The number of piperidine rings is 1. The fraction of sp³-hybridized carbons (Fsp3) is 0.857. The molecular formula is C21H39N5O. The van der Waals surface area contributed by atoms with Gasteiger partial charge in [0.25, 0.3) is 0 Å². The average molecular weight is 378 g/mol. The number of rotatable bonds is 10. The molecule has 6 nitrogen and oxygen atoms in total. The van der Waals surface area contributed by atoms with E-state index >= 15 is 0 Å². The summed E-state index contributed by atoms with van der Waals surface area (Å²) in [5.41, 5.74) is 2.43. The molecular weight excluding hydrogens is 338 g/mol. The van der Waals surface area contributed by atoms with Crippen LogP contribution in [0.1, 0.15) is 44.0 Å². The summed E-state index contributed by atoms with van der Waals surface area (Å²) in [6.45, 7) is 14.6. The zero-order chi connectivity index (χ0) is 19.1. The van der Waals surface area contributed by atoms with Gasteiger partial charge < -0.3 is 14.6 Å². The van der Waals surface area contributed by atoms with Crippen molar-refractivity contribution in [2.24, 2.45) is 5.92 Å². The molecule has 0 spiro atoms. The van der Waals surface area contributed by atoms with E-state index in [-0.39, 0.29) is 0 Å². The normalized spacial score (nSPS) is 22.9. The maximum Gasteiger partial charge on any atom is 0.0925 e. The van der Waals surface area contributed by atoms with Crippen molar-refractivity contribution < 1.29 is 4.74 Å². The van der Waals surface area contributed by atoms with Crippen LogP contribution in [0.2, 0.25) is 0 Å². The van der Waals surface area contributed by atoms with Crippen molar-refractivity contribution in [2.45, 2.75) is 52.1 Å². The Labute approximate surface area is 165 Å². The van der Waals surface area contributed by atoms with Gasteiger partial charge in [-0.3, -0.25) is 9.80 Å². The molecule has 0 saturated carbocycles. The van der Waals surface area contributed by atoms with Crippen molar-refractivity contribution in [1.29, 1.82) is 0 Å². The summed E-state index contributed by atoms with van der Waals surface area (Å²) in [6.07, 6.45) is 7.15. The van der Waals surface area contributed by atoms with E-state index in [2.05, 4.69) is 38.5 Å². The highest BCUT2D eigenvalue weighted by Crippen LogP contribution is 2.23. The third-order valence-corrected chi connectivity index (χ3v) is 6.52. The molecule has 0 bridgehead atoms. The molecule has 3 rings (SSSR count). The number of imidazole rings is 1. The lowest BCUT2D eigenvalue weighted by Crippen LogP contribution is -2.44. The molecule has 1 N–H and O–H groups in total. The highest BCUT2D eigenvalue weighted by atomic mass is 16.5. The lowest BCUT2D eigenvalue weighted by molar-refractivity contribution is 0.0960. The predicted octanol–water partition coefficient (Wildman–Crippen LogP) is 2.36. The van der Waals surface area contributed by atoms with Crippen molar-refractivity contribution in [2.75, 3.05) is 59.5 Å². The molecule has 2 fully saturated rings. The summed E-state index contributed by atoms with van der Waals surface area (Å²) >= 11 is 0. The Hall–Kier alpha value is -0.950. The Morgan fingerprint density at radius 1 is 1.22 bits per heavy atom. The third-order valence-electron chi connectivity index (χ3n) is 6.52. The number of nitrogens with zero attached hydrogens (tertiary/aromatic N) is 4. The molecule has 6 heteroatoms. The van der Waals surface area contributed by atoms with Crippen LogP contribution in [0.25, 0.3) is 0 Å². The number of aromatic nitrogens is 2. The lowest BCUT2D eigenvalue weighted by Gasteiger charge is -2.36. The van der Waals surface area contributed by atoms with Gasteiger partial charge in [-0.25, -0.2) is 4.98 Å². The summed E-state index contributed by atoms with van der Waals surface area (Å²) in [7, 11) is 1.80. The smallest absolute Gasteiger partial charge is 0.0925 e. The van der Waals surface area contributed by atoms with Gasteiger partial charge in [-0.05, 0) is 64.7 Å². The molecule has 0 aliphatic carbocycles. The van der Waals surface area contributed by atoms with E-state index in [4.69, 9.17) is 4.74 Å². The minimum atomic E-state index is 0.719. The SMILES string of the molecule is CCN1CCC[C@@H]1CN(Cc1nc[nH]c1C)CC1CCN(CCOC)CC1. The molecule has 2 aliphatic heterocycles. The summed E-state index contributed by atoms with van der Waals surface area (Å²) in [5.74, 6) is 0.805. The first-order valence-electron chi connectivity index (χ1n) is 10.9. The molecule has 154 valence electrons. The van der Waals surface area contributed by atoms with Crippen LogP contribution in [0, 0.1) is 12.8 Å². The second-order valence-corrected chi connectivity index (χ2v) is 8.37. The number of likely N-dealkylation sites (tertiary alicyclic amines) is 2. The molecule has 0 unspecified atom stereocenters. The van der Waals surface area contributed by atoms with E-state index in [0.717, 1.165) is 31.7 Å². The van der Waals surface area contributed by atoms with Gasteiger partial charge in [0.2, 0.25) is 0 Å². The molecule has 1 atom stereocenters. The Bertz CT molecular complexity index is 540. The van der Waals surface area contributed by atoms with Crippen LogP contribution >= 0.6 is 0 Å². The standard InChI is InChI=1S/C21H39N5O/c1-4-26-9-5-6-20(26)15-25(16-21-18(2)22-17-23-21)14-19-7-10-24(11-8-19)12-13-27-3/h17,19-20H,4-16H2,1-3H3,(H,22,23)/t20-/m1/s1. The van der Waals surface area contributed by atoms with E-state index in [1.54, 1.807) is 7.11 Å². The fourth-order valence-corrected chi connectivity index (χ4v) is 4.76. The van der Waals surface area contributed by atoms with Crippen LogP contribution in [0.5, 0.6) is 0 Å². The first kappa shape index (κ1) is 20.8. The van der Waals surface area contributed by atoms with Crippen molar-refractivity contribution in [3.63, 3.8) is 0 Å². The number of aryl methyl sites for hydroxylation is 1. The van der Waals surface area contributed by atoms with Crippen molar-refractivity contribution >= 4 is 0 Å². The van der Waals surface area contributed by atoms with E-state index < -0.39 is 0 Å². The predicted molar refractivity (Wildman–Crippen MR) is 110 cm³/mol. The minimum absolute atomic E-state index is 0.719. The van der Waals surface area contributed by atoms with Gasteiger partial charge in [0, 0.05) is 45.0 Å². The molecule has 2 aliphatic rings. The molecule has 1 aromatic rings. The van der Waals surface area contributed by atoms with Gasteiger partial charge in [-0.2, -0.15) is 0 Å². The molecule has 3 heterocycles. The third kappa shape index (κ3) is 6.01. The Kier molecular flexibility index (Phi) is 8.12. The zero-order valence-corrected chi connectivity index (χ0v) is 17.6. The number of aromatic amines is 1. The number of H-pyrrole nitrogens is 1. The topological polar surface area (TPSA) is 47.6 Å². The number of hydrogen-bond donors (Lipinski definition) is 1. The van der Waals surface area contributed by atoms with Gasteiger partial charge in [-0.15, -0.1) is 0 Å². The molecule has 0 radical (unpaired) electrons. The number of methoxy groups -OCH3 is 1. The van der Waals surface area contributed by atoms with Gasteiger partial charge in [0.15, 0.2) is 0 Å². The van der Waals surface area contributed by atoms with Gasteiger partial charge in [0.05, 0.1) is 18.6 Å². The maximum absolute atomic E-state index is 5.24. The van der Waals surface area contributed by atoms with Crippen molar-refractivity contribution in [3.8, 4) is 0 Å². The molecule has 0 aromatic carbocycles. The summed E-state index contributed by atoms with van der Waals surface area (Å²) in [4.78, 5) is 15.7. The van der Waals surface area contributed by atoms with Gasteiger partial charge in [-0.1, -0.05) is 6.92 Å². The molecule has 0 amide bonds. The highest BCUT2D eigenvalue weighted by Gasteiger charge is 2.28. The molecule has 1 aromatic heterocycles. The van der Waals surface area contributed by atoms with E-state index in [9.17, 15) is 0 Å². The summed E-state index contributed by atoms with van der Waals surface area (Å²) < 4.78 is 5.24. The van der Waals surface area contributed by atoms with Crippen LogP contribution < -0.4 is 0 Å². The first-order chi connectivity index (χ1) is 13.2. The summed E-state index contributed by atoms with van der Waals surface area (Å²) in [6, 6.07) is 0.719. The van der Waals surface area contributed by atoms with Crippen LogP contribution in [0.15, 0.2) is 6.33 Å². The second kappa shape index (κ2) is 10.6. The van der Waals surface area contributed by atoms with Crippen LogP contribution in [-0.2, 0) is 11.3 Å². The number of nitrogens with one attached hydrogen (secondary N) is 1. The first-order valence-corrected chi connectivity index (χ1v) is 10.9. The quantitative estimate of drug-likeness (QED) is 0.678. The zero-order valence-electron chi connectivity index (χ0n) is 17.6. The maximum atomic E-state index is 5.24. The minimum Gasteiger partial charge on any atom is -0.383 e. The Morgan fingerprint density at radius 2 is 2.04 bits per heavy atom. The van der Waals surface area contributed by atoms with Crippen LogP contribution in [0.4, 0.5) is 0 Å². The number of hydrogen-bond acceptors (Lipinski definition) is 5. The number of likely N-dealkylation sites (N-methyl/N-ethyl adjacent to an activating group) is 1.